The standard InChI is InChI=1S/C19H16Cl2N2O3S2/c1-10-18(22-11(2)27-10)14-6-4-12(8-16(14)20)23-19(24)15-7-5-13(9-17(15)21)28(3,25)26/h4-9H,1-3H3,(H,23,24). The first-order chi connectivity index (χ1) is 13.1. The molecule has 0 radical (unpaired) electrons. The minimum absolute atomic E-state index is 0.0513. The third-order valence-electron chi connectivity index (χ3n) is 4.00. The smallest absolute Gasteiger partial charge is 0.257 e. The molecule has 146 valence electrons. The van der Waals surface area contributed by atoms with Crippen molar-refractivity contribution >= 4 is 56.0 Å². The van der Waals surface area contributed by atoms with Crippen LogP contribution in [-0.4, -0.2) is 25.6 Å². The highest BCUT2D eigenvalue weighted by molar-refractivity contribution is 7.90. The Labute approximate surface area is 177 Å². The van der Waals surface area contributed by atoms with Gasteiger partial charge in [0.25, 0.3) is 5.91 Å². The molecule has 0 fully saturated rings. The van der Waals surface area contributed by atoms with E-state index in [2.05, 4.69) is 10.3 Å². The van der Waals surface area contributed by atoms with Crippen molar-refractivity contribution in [3.63, 3.8) is 0 Å². The van der Waals surface area contributed by atoms with E-state index in [1.807, 2.05) is 13.8 Å². The fourth-order valence-electron chi connectivity index (χ4n) is 2.67. The van der Waals surface area contributed by atoms with Gasteiger partial charge in [0.15, 0.2) is 9.84 Å². The number of aryl methyl sites for hydroxylation is 2. The number of sulfone groups is 1. The molecule has 0 unspecified atom stereocenters. The summed E-state index contributed by atoms with van der Waals surface area (Å²) in [7, 11) is -3.40. The van der Waals surface area contributed by atoms with E-state index in [9.17, 15) is 13.2 Å². The molecule has 0 saturated heterocycles. The zero-order valence-electron chi connectivity index (χ0n) is 15.2. The zero-order chi connectivity index (χ0) is 20.6. The molecule has 9 heteroatoms. The molecule has 0 atom stereocenters. The van der Waals surface area contributed by atoms with E-state index in [4.69, 9.17) is 23.2 Å². The minimum atomic E-state index is -3.40. The number of aromatic nitrogens is 1. The van der Waals surface area contributed by atoms with Crippen LogP contribution >= 0.6 is 34.5 Å². The summed E-state index contributed by atoms with van der Waals surface area (Å²) >= 11 is 14.1. The number of benzene rings is 2. The molecular weight excluding hydrogens is 439 g/mol. The molecule has 1 N–H and O–H groups in total. The number of hydrogen-bond acceptors (Lipinski definition) is 5. The van der Waals surface area contributed by atoms with E-state index < -0.39 is 15.7 Å². The second kappa shape index (κ2) is 7.83. The lowest BCUT2D eigenvalue weighted by Gasteiger charge is -2.10. The van der Waals surface area contributed by atoms with Crippen LogP contribution in [0.25, 0.3) is 11.3 Å². The van der Waals surface area contributed by atoms with Crippen molar-refractivity contribution in [3.05, 3.63) is 61.9 Å². The topological polar surface area (TPSA) is 76.1 Å². The summed E-state index contributed by atoms with van der Waals surface area (Å²) in [5.74, 6) is -0.463. The number of thiazole rings is 1. The van der Waals surface area contributed by atoms with Gasteiger partial charge in [-0.05, 0) is 50.2 Å². The number of anilines is 1. The quantitative estimate of drug-likeness (QED) is 0.573. The summed E-state index contributed by atoms with van der Waals surface area (Å²) in [5.41, 5.74) is 2.27. The van der Waals surface area contributed by atoms with Gasteiger partial charge in [0.1, 0.15) is 0 Å². The van der Waals surface area contributed by atoms with Crippen LogP contribution in [0, 0.1) is 13.8 Å². The molecule has 3 aromatic rings. The Morgan fingerprint density at radius 3 is 2.32 bits per heavy atom. The van der Waals surface area contributed by atoms with Crippen molar-refractivity contribution in [1.29, 1.82) is 0 Å². The number of hydrogen-bond donors (Lipinski definition) is 1. The number of halogens is 2. The number of amides is 1. The summed E-state index contributed by atoms with van der Waals surface area (Å²) in [6, 6.07) is 9.15. The molecule has 28 heavy (non-hydrogen) atoms. The van der Waals surface area contributed by atoms with Gasteiger partial charge in [0.05, 0.1) is 31.2 Å². The lowest BCUT2D eigenvalue weighted by molar-refractivity contribution is 0.102. The van der Waals surface area contributed by atoms with Crippen molar-refractivity contribution in [2.24, 2.45) is 0 Å². The number of carbonyl (C=O) groups is 1. The minimum Gasteiger partial charge on any atom is -0.322 e. The first kappa shape index (κ1) is 20.8. The summed E-state index contributed by atoms with van der Waals surface area (Å²) in [5, 5.41) is 4.19. The molecule has 3 rings (SSSR count). The molecule has 0 aliphatic carbocycles. The third-order valence-corrected chi connectivity index (χ3v) is 6.62. The van der Waals surface area contributed by atoms with Crippen molar-refractivity contribution in [2.75, 3.05) is 11.6 Å². The molecule has 1 aromatic heterocycles. The highest BCUT2D eigenvalue weighted by atomic mass is 35.5. The van der Waals surface area contributed by atoms with Crippen molar-refractivity contribution in [1.82, 2.24) is 4.98 Å². The van der Waals surface area contributed by atoms with Crippen LogP contribution in [0.15, 0.2) is 41.3 Å². The molecule has 0 saturated carbocycles. The predicted molar refractivity (Wildman–Crippen MR) is 115 cm³/mol. The summed E-state index contributed by atoms with van der Waals surface area (Å²) in [6.07, 6.45) is 1.08. The number of carbonyl (C=O) groups excluding carboxylic acids is 1. The first-order valence-electron chi connectivity index (χ1n) is 8.11. The van der Waals surface area contributed by atoms with Crippen molar-refractivity contribution in [3.8, 4) is 11.3 Å². The monoisotopic (exact) mass is 454 g/mol. The molecule has 0 bridgehead atoms. The predicted octanol–water partition coefficient (Wildman–Crippen LogP) is 5.39. The van der Waals surface area contributed by atoms with Crippen LogP contribution in [-0.2, 0) is 9.84 Å². The fraction of sp³-hybridized carbons (Fsp3) is 0.158. The lowest BCUT2D eigenvalue weighted by atomic mass is 10.1. The molecule has 5 nitrogen and oxygen atoms in total. The Hall–Kier alpha value is -1.93. The molecular formula is C19H16Cl2N2O3S2. The summed E-state index contributed by atoms with van der Waals surface area (Å²) in [6.45, 7) is 3.91. The maximum absolute atomic E-state index is 12.5. The molecule has 2 aromatic carbocycles. The number of nitrogens with zero attached hydrogens (tertiary/aromatic N) is 1. The summed E-state index contributed by atoms with van der Waals surface area (Å²) < 4.78 is 23.2. The fourth-order valence-corrected chi connectivity index (χ4v) is 4.75. The van der Waals surface area contributed by atoms with Crippen LogP contribution in [0.3, 0.4) is 0 Å². The number of rotatable bonds is 4. The maximum atomic E-state index is 12.5. The van der Waals surface area contributed by atoms with Gasteiger partial charge >= 0.3 is 0 Å². The van der Waals surface area contributed by atoms with Gasteiger partial charge < -0.3 is 5.32 Å². The van der Waals surface area contributed by atoms with E-state index in [0.717, 1.165) is 27.4 Å². The Morgan fingerprint density at radius 2 is 1.79 bits per heavy atom. The van der Waals surface area contributed by atoms with Crippen molar-refractivity contribution < 1.29 is 13.2 Å². The molecule has 0 spiro atoms. The molecule has 0 aliphatic rings. The first-order valence-corrected chi connectivity index (χ1v) is 11.6. The summed E-state index contributed by atoms with van der Waals surface area (Å²) in [4.78, 5) is 18.1. The Bertz CT molecular complexity index is 1190. The molecule has 1 heterocycles. The second-order valence-electron chi connectivity index (χ2n) is 6.20. The highest BCUT2D eigenvalue weighted by Gasteiger charge is 2.16. The van der Waals surface area contributed by atoms with Gasteiger partial charge in [-0.15, -0.1) is 11.3 Å². The average molecular weight is 455 g/mol. The van der Waals surface area contributed by atoms with Crippen LogP contribution in [0.1, 0.15) is 20.2 Å². The Balaban J connectivity index is 1.85. The second-order valence-corrected chi connectivity index (χ2v) is 10.4. The van der Waals surface area contributed by atoms with E-state index in [0.29, 0.717) is 10.7 Å². The van der Waals surface area contributed by atoms with Crippen molar-refractivity contribution in [2.45, 2.75) is 18.7 Å². The van der Waals surface area contributed by atoms with E-state index in [-0.39, 0.29) is 15.5 Å². The van der Waals surface area contributed by atoms with E-state index in [1.165, 1.54) is 18.2 Å². The van der Waals surface area contributed by atoms with Gasteiger partial charge in [-0.3, -0.25) is 4.79 Å². The van der Waals surface area contributed by atoms with Crippen LogP contribution in [0.2, 0.25) is 10.0 Å². The maximum Gasteiger partial charge on any atom is 0.257 e. The molecule has 1 amide bonds. The van der Waals surface area contributed by atoms with E-state index >= 15 is 0 Å². The molecule has 0 aliphatic heterocycles. The van der Waals surface area contributed by atoms with Crippen LogP contribution in [0.5, 0.6) is 0 Å². The largest absolute Gasteiger partial charge is 0.322 e. The zero-order valence-corrected chi connectivity index (χ0v) is 18.4. The Morgan fingerprint density at radius 1 is 1.07 bits per heavy atom. The lowest BCUT2D eigenvalue weighted by Crippen LogP contribution is -2.13. The average Bonchev–Trinajstić information content (AvgIpc) is 2.92. The van der Waals surface area contributed by atoms with Gasteiger partial charge in [-0.1, -0.05) is 23.2 Å². The van der Waals surface area contributed by atoms with E-state index in [1.54, 1.807) is 29.5 Å². The van der Waals surface area contributed by atoms with Gasteiger partial charge in [-0.2, -0.15) is 0 Å². The van der Waals surface area contributed by atoms with Gasteiger partial charge in [0.2, 0.25) is 0 Å². The van der Waals surface area contributed by atoms with Gasteiger partial charge in [-0.25, -0.2) is 13.4 Å². The van der Waals surface area contributed by atoms with Crippen LogP contribution < -0.4 is 5.32 Å². The van der Waals surface area contributed by atoms with Crippen LogP contribution in [0.4, 0.5) is 5.69 Å². The van der Waals surface area contributed by atoms with Gasteiger partial charge in [0, 0.05) is 22.4 Å². The SMILES string of the molecule is Cc1nc(-c2ccc(NC(=O)c3ccc(S(C)(=O)=O)cc3Cl)cc2Cl)c(C)s1. The Kier molecular flexibility index (Phi) is 5.82. The normalized spacial score (nSPS) is 11.5. The number of nitrogens with one attached hydrogen (secondary N) is 1. The highest BCUT2D eigenvalue weighted by Crippen LogP contribution is 2.34. The third kappa shape index (κ3) is 4.38.